The molecular formula is C28H30F4N4O3. The predicted octanol–water partition coefficient (Wildman–Crippen LogP) is 5.24. The van der Waals surface area contributed by atoms with Gasteiger partial charge in [0.1, 0.15) is 24.0 Å². The van der Waals surface area contributed by atoms with Crippen LogP contribution in [-0.4, -0.2) is 35.0 Å². The van der Waals surface area contributed by atoms with E-state index in [2.05, 4.69) is 10.3 Å². The number of hydrogen-bond donors (Lipinski definition) is 3. The van der Waals surface area contributed by atoms with Gasteiger partial charge in [-0.25, -0.2) is 9.37 Å². The van der Waals surface area contributed by atoms with Gasteiger partial charge in [0.25, 0.3) is 5.91 Å². The van der Waals surface area contributed by atoms with Crippen LogP contribution in [0.4, 0.5) is 17.6 Å². The summed E-state index contributed by atoms with van der Waals surface area (Å²) in [5.74, 6) is -0.942. The summed E-state index contributed by atoms with van der Waals surface area (Å²) in [6, 6.07) is 14.6. The number of nitrogens with zero attached hydrogens (tertiary/aromatic N) is 1. The molecule has 0 spiro atoms. The van der Waals surface area contributed by atoms with Crippen molar-refractivity contribution in [1.29, 1.82) is 5.41 Å². The van der Waals surface area contributed by atoms with Gasteiger partial charge in [-0.15, -0.1) is 0 Å². The molecule has 0 aliphatic rings. The molecule has 11 heteroatoms. The van der Waals surface area contributed by atoms with Crippen molar-refractivity contribution in [2.75, 3.05) is 6.61 Å². The number of carbonyl (C=O) groups is 1. The fourth-order valence-corrected chi connectivity index (χ4v) is 3.85. The third kappa shape index (κ3) is 8.42. The molecule has 0 saturated heterocycles. The van der Waals surface area contributed by atoms with Gasteiger partial charge in [0.15, 0.2) is 5.60 Å². The zero-order valence-electron chi connectivity index (χ0n) is 21.7. The van der Waals surface area contributed by atoms with E-state index in [1.165, 1.54) is 26.0 Å². The second-order valence-electron chi connectivity index (χ2n) is 9.58. The maximum Gasteiger partial charge on any atom is 0.417 e. The number of benzene rings is 2. The maximum atomic E-state index is 13.5. The second kappa shape index (κ2) is 12.1. The predicted molar refractivity (Wildman–Crippen MR) is 138 cm³/mol. The number of amidine groups is 1. The molecule has 0 saturated carbocycles. The summed E-state index contributed by atoms with van der Waals surface area (Å²) in [7, 11) is 0. The molecule has 2 unspecified atom stereocenters. The quantitative estimate of drug-likeness (QED) is 0.173. The fourth-order valence-electron chi connectivity index (χ4n) is 3.85. The monoisotopic (exact) mass is 546 g/mol. The lowest BCUT2D eigenvalue weighted by molar-refractivity contribution is -0.138. The molecule has 0 radical (unpaired) electrons. The molecule has 1 amide bonds. The van der Waals surface area contributed by atoms with Gasteiger partial charge in [-0.05, 0) is 68.7 Å². The van der Waals surface area contributed by atoms with Crippen LogP contribution in [0.15, 0.2) is 66.9 Å². The Morgan fingerprint density at radius 3 is 2.38 bits per heavy atom. The van der Waals surface area contributed by atoms with Crippen LogP contribution in [0.5, 0.6) is 11.6 Å². The zero-order chi connectivity index (χ0) is 28.8. The number of nitrogens with one attached hydrogen (secondary N) is 2. The molecule has 7 nitrogen and oxygen atoms in total. The lowest BCUT2D eigenvalue weighted by Gasteiger charge is -2.31. The summed E-state index contributed by atoms with van der Waals surface area (Å²) < 4.78 is 63.2. The van der Waals surface area contributed by atoms with Crippen molar-refractivity contribution >= 4 is 11.7 Å². The van der Waals surface area contributed by atoms with E-state index in [-0.39, 0.29) is 30.1 Å². The molecule has 3 aromatic rings. The Bertz CT molecular complexity index is 1280. The summed E-state index contributed by atoms with van der Waals surface area (Å²) >= 11 is 0. The number of nitrogens with two attached hydrogens (primary N) is 1. The molecule has 4 N–H and O–H groups in total. The molecule has 208 valence electrons. The van der Waals surface area contributed by atoms with Crippen LogP contribution < -0.4 is 20.5 Å². The number of pyridine rings is 1. The van der Waals surface area contributed by atoms with E-state index >= 15 is 0 Å². The summed E-state index contributed by atoms with van der Waals surface area (Å²) in [5.41, 5.74) is 4.65. The van der Waals surface area contributed by atoms with Gasteiger partial charge in [0.05, 0.1) is 5.56 Å². The number of amides is 1. The van der Waals surface area contributed by atoms with Crippen molar-refractivity contribution in [3.63, 3.8) is 0 Å². The highest BCUT2D eigenvalue weighted by Gasteiger charge is 2.34. The first-order chi connectivity index (χ1) is 18.2. The first-order valence-electron chi connectivity index (χ1n) is 12.1. The van der Waals surface area contributed by atoms with Crippen molar-refractivity contribution in [3.05, 3.63) is 89.4 Å². The number of aromatic nitrogens is 1. The Balaban J connectivity index is 1.80. The van der Waals surface area contributed by atoms with Crippen LogP contribution in [0.1, 0.15) is 43.4 Å². The van der Waals surface area contributed by atoms with Crippen LogP contribution in [0.25, 0.3) is 0 Å². The first kappa shape index (κ1) is 29.4. The van der Waals surface area contributed by atoms with Crippen LogP contribution in [0.2, 0.25) is 0 Å². The van der Waals surface area contributed by atoms with Gasteiger partial charge in [0, 0.05) is 24.2 Å². The van der Waals surface area contributed by atoms with E-state index < -0.39 is 29.3 Å². The van der Waals surface area contributed by atoms with Gasteiger partial charge in [0.2, 0.25) is 5.88 Å². The Kier molecular flexibility index (Phi) is 9.15. The average molecular weight is 547 g/mol. The molecule has 2 atom stereocenters. The number of ether oxygens (including phenoxy) is 2. The standard InChI is InChI=1S/C28H30F4N4O3/c1-17(36-26(37)27(2,3)39-25-12-9-20(15-35-25)28(30,31)32)23(13-18-7-10-21(29)11-8-18)19-5-4-6-22(14-19)38-16-24(33)34/h4-12,14-15,17,23H,13,16H2,1-3H3,(H3,33,34)(H,36,37). The Morgan fingerprint density at radius 1 is 1.10 bits per heavy atom. The smallest absolute Gasteiger partial charge is 0.417 e. The first-order valence-corrected chi connectivity index (χ1v) is 12.1. The van der Waals surface area contributed by atoms with Crippen molar-refractivity contribution in [1.82, 2.24) is 10.3 Å². The number of hydrogen-bond acceptors (Lipinski definition) is 5. The Hall–Kier alpha value is -4.15. The fraction of sp³-hybridized carbons (Fsp3) is 0.321. The highest BCUT2D eigenvalue weighted by atomic mass is 19.4. The van der Waals surface area contributed by atoms with Crippen molar-refractivity contribution in [2.45, 2.75) is 50.9 Å². The Morgan fingerprint density at radius 2 is 1.79 bits per heavy atom. The number of carbonyl (C=O) groups excluding carboxylic acids is 1. The zero-order valence-corrected chi connectivity index (χ0v) is 21.7. The highest BCUT2D eigenvalue weighted by molar-refractivity contribution is 5.85. The van der Waals surface area contributed by atoms with E-state index in [4.69, 9.17) is 20.6 Å². The molecule has 0 aliphatic carbocycles. The van der Waals surface area contributed by atoms with Crippen LogP contribution >= 0.6 is 0 Å². The highest BCUT2D eigenvalue weighted by Crippen LogP contribution is 2.31. The van der Waals surface area contributed by atoms with Gasteiger partial charge in [-0.2, -0.15) is 13.2 Å². The molecule has 0 fully saturated rings. The van der Waals surface area contributed by atoms with Gasteiger partial charge in [-0.1, -0.05) is 24.3 Å². The lowest BCUT2D eigenvalue weighted by atomic mass is 9.86. The molecule has 2 aromatic carbocycles. The topological polar surface area (TPSA) is 110 Å². The number of halogens is 4. The molecule has 0 aliphatic heterocycles. The summed E-state index contributed by atoms with van der Waals surface area (Å²) in [6.07, 6.45) is -3.45. The number of alkyl halides is 3. The number of rotatable bonds is 11. The van der Waals surface area contributed by atoms with Crippen molar-refractivity contribution in [2.24, 2.45) is 5.73 Å². The third-order valence-corrected chi connectivity index (χ3v) is 5.98. The normalized spacial score (nSPS) is 13.3. The van der Waals surface area contributed by atoms with Gasteiger partial charge >= 0.3 is 6.18 Å². The minimum Gasteiger partial charge on any atom is -0.486 e. The second-order valence-corrected chi connectivity index (χ2v) is 9.58. The SMILES string of the molecule is CC(NC(=O)C(C)(C)Oc1ccc(C(F)(F)F)cn1)C(Cc1ccc(F)cc1)c1cccc(OCC(=N)N)c1. The van der Waals surface area contributed by atoms with Crippen LogP contribution in [-0.2, 0) is 17.4 Å². The maximum absolute atomic E-state index is 13.5. The molecule has 0 bridgehead atoms. The van der Waals surface area contributed by atoms with E-state index in [0.29, 0.717) is 18.4 Å². The third-order valence-electron chi connectivity index (χ3n) is 5.98. The van der Waals surface area contributed by atoms with Gasteiger partial charge < -0.3 is 20.5 Å². The minimum atomic E-state index is -4.54. The van der Waals surface area contributed by atoms with Gasteiger partial charge in [-0.3, -0.25) is 10.2 Å². The summed E-state index contributed by atoms with van der Waals surface area (Å²) in [6.45, 7) is 4.70. The van der Waals surface area contributed by atoms with E-state index in [1.807, 2.05) is 13.0 Å². The van der Waals surface area contributed by atoms with E-state index in [0.717, 1.165) is 23.3 Å². The average Bonchev–Trinajstić information content (AvgIpc) is 2.86. The summed E-state index contributed by atoms with van der Waals surface area (Å²) in [5, 5.41) is 10.3. The van der Waals surface area contributed by atoms with Crippen LogP contribution in [0.3, 0.4) is 0 Å². The largest absolute Gasteiger partial charge is 0.486 e. The molecule has 3 rings (SSSR count). The van der Waals surface area contributed by atoms with Crippen LogP contribution in [0, 0.1) is 11.2 Å². The van der Waals surface area contributed by atoms with Crippen molar-refractivity contribution in [3.8, 4) is 11.6 Å². The molecule has 39 heavy (non-hydrogen) atoms. The lowest BCUT2D eigenvalue weighted by Crippen LogP contribution is -2.51. The van der Waals surface area contributed by atoms with Crippen molar-refractivity contribution < 1.29 is 31.8 Å². The Labute approximate surface area is 223 Å². The molecular weight excluding hydrogens is 516 g/mol. The minimum absolute atomic E-state index is 0.0815. The van der Waals surface area contributed by atoms with E-state index in [1.54, 1.807) is 30.3 Å². The molecule has 1 aromatic heterocycles. The summed E-state index contributed by atoms with van der Waals surface area (Å²) in [4.78, 5) is 16.9. The molecule has 1 heterocycles. The van der Waals surface area contributed by atoms with E-state index in [9.17, 15) is 22.4 Å².